The van der Waals surface area contributed by atoms with Crippen molar-refractivity contribution < 1.29 is 14.3 Å². The summed E-state index contributed by atoms with van der Waals surface area (Å²) < 4.78 is 4.80. The highest BCUT2D eigenvalue weighted by atomic mass is 32.1. The molecule has 0 fully saturated rings. The molecule has 0 aliphatic heterocycles. The van der Waals surface area contributed by atoms with Crippen molar-refractivity contribution in [3.8, 4) is 0 Å². The number of nitrogens with two attached hydrogens (primary N) is 1. The van der Waals surface area contributed by atoms with Crippen LogP contribution in [0.3, 0.4) is 0 Å². The number of thiophene rings is 1. The van der Waals surface area contributed by atoms with Crippen LogP contribution >= 0.6 is 11.3 Å². The van der Waals surface area contributed by atoms with Crippen molar-refractivity contribution in [2.45, 2.75) is 6.42 Å². The van der Waals surface area contributed by atoms with Gasteiger partial charge in [-0.05, 0) is 11.4 Å². The third-order valence-electron chi connectivity index (χ3n) is 2.17. The number of hydrogen-bond donors (Lipinski definition) is 3. The van der Waals surface area contributed by atoms with Crippen LogP contribution in [0, 0.1) is 0 Å². The van der Waals surface area contributed by atoms with Crippen molar-refractivity contribution in [1.29, 1.82) is 0 Å². The Kier molecular flexibility index (Phi) is 6.16. The number of rotatable bonds is 7. The first-order chi connectivity index (χ1) is 8.65. The standard InChI is InChI=1S/C11H17N3O3S/c1-17-6-5-13-9(15)2-4-14-11(16)10-8(12)3-7-18-10/h3,7H,2,4-6,12H2,1H3,(H,13,15)(H,14,16). The second kappa shape index (κ2) is 7.67. The molecule has 0 atom stereocenters. The number of nitrogen functional groups attached to an aromatic ring is 1. The van der Waals surface area contributed by atoms with Gasteiger partial charge in [-0.2, -0.15) is 0 Å². The van der Waals surface area contributed by atoms with Crippen molar-refractivity contribution in [3.05, 3.63) is 16.3 Å². The predicted octanol–water partition coefficient (Wildman–Crippen LogP) is 0.213. The lowest BCUT2D eigenvalue weighted by atomic mass is 10.3. The zero-order valence-corrected chi connectivity index (χ0v) is 11.0. The fourth-order valence-corrected chi connectivity index (χ4v) is 1.99. The summed E-state index contributed by atoms with van der Waals surface area (Å²) in [6.45, 7) is 1.24. The molecule has 0 radical (unpaired) electrons. The van der Waals surface area contributed by atoms with Crippen molar-refractivity contribution in [3.63, 3.8) is 0 Å². The van der Waals surface area contributed by atoms with E-state index in [1.165, 1.54) is 11.3 Å². The molecule has 0 aliphatic carbocycles. The van der Waals surface area contributed by atoms with E-state index in [0.29, 0.717) is 23.7 Å². The fourth-order valence-electron chi connectivity index (χ4n) is 1.25. The zero-order valence-electron chi connectivity index (χ0n) is 10.2. The molecule has 0 aromatic carbocycles. The van der Waals surface area contributed by atoms with Crippen molar-refractivity contribution in [2.24, 2.45) is 0 Å². The number of amides is 2. The summed E-state index contributed by atoms with van der Waals surface area (Å²) >= 11 is 1.28. The molecular formula is C11H17N3O3S. The van der Waals surface area contributed by atoms with Crippen LogP contribution in [0.15, 0.2) is 11.4 Å². The summed E-state index contributed by atoms with van der Waals surface area (Å²) in [5.41, 5.74) is 6.07. The van der Waals surface area contributed by atoms with Gasteiger partial charge >= 0.3 is 0 Å². The van der Waals surface area contributed by atoms with Gasteiger partial charge in [0.1, 0.15) is 4.88 Å². The van der Waals surface area contributed by atoms with Crippen LogP contribution in [0.1, 0.15) is 16.1 Å². The maximum absolute atomic E-state index is 11.6. The SMILES string of the molecule is COCCNC(=O)CCNC(=O)c1sccc1N. The normalized spacial score (nSPS) is 10.1. The molecule has 100 valence electrons. The molecule has 0 spiro atoms. The molecular weight excluding hydrogens is 254 g/mol. The highest BCUT2D eigenvalue weighted by Crippen LogP contribution is 2.17. The van der Waals surface area contributed by atoms with Crippen LogP contribution in [-0.2, 0) is 9.53 Å². The van der Waals surface area contributed by atoms with Gasteiger partial charge in [-0.3, -0.25) is 9.59 Å². The number of carbonyl (C=O) groups excluding carboxylic acids is 2. The predicted molar refractivity (Wildman–Crippen MR) is 70.6 cm³/mol. The summed E-state index contributed by atoms with van der Waals surface area (Å²) in [7, 11) is 1.57. The Morgan fingerprint density at radius 1 is 1.39 bits per heavy atom. The van der Waals surface area contributed by atoms with E-state index in [0.717, 1.165) is 0 Å². The quantitative estimate of drug-likeness (QED) is 0.618. The third kappa shape index (κ3) is 4.72. The van der Waals surface area contributed by atoms with E-state index < -0.39 is 0 Å². The second-order valence-electron chi connectivity index (χ2n) is 3.55. The molecule has 0 bridgehead atoms. The molecule has 1 aromatic rings. The number of ether oxygens (including phenoxy) is 1. The van der Waals surface area contributed by atoms with Crippen LogP contribution in [-0.4, -0.2) is 38.6 Å². The van der Waals surface area contributed by atoms with Gasteiger partial charge in [-0.25, -0.2) is 0 Å². The molecule has 7 heteroatoms. The highest BCUT2D eigenvalue weighted by molar-refractivity contribution is 7.12. The van der Waals surface area contributed by atoms with Crippen LogP contribution in [0.2, 0.25) is 0 Å². The summed E-state index contributed by atoms with van der Waals surface area (Å²) in [5, 5.41) is 7.06. The van der Waals surface area contributed by atoms with Gasteiger partial charge in [0.2, 0.25) is 5.91 Å². The number of methoxy groups -OCH3 is 1. The molecule has 1 rings (SSSR count). The van der Waals surface area contributed by atoms with Crippen LogP contribution in [0.4, 0.5) is 5.69 Å². The molecule has 18 heavy (non-hydrogen) atoms. The average Bonchev–Trinajstić information content (AvgIpc) is 2.76. The number of carbonyl (C=O) groups is 2. The largest absolute Gasteiger partial charge is 0.397 e. The molecule has 0 unspecified atom stereocenters. The van der Waals surface area contributed by atoms with Gasteiger partial charge in [-0.1, -0.05) is 0 Å². The topological polar surface area (TPSA) is 93.5 Å². The Morgan fingerprint density at radius 2 is 2.17 bits per heavy atom. The van der Waals surface area contributed by atoms with Crippen LogP contribution < -0.4 is 16.4 Å². The number of anilines is 1. The summed E-state index contributed by atoms with van der Waals surface area (Å²) in [5.74, 6) is -0.362. The maximum Gasteiger partial charge on any atom is 0.263 e. The van der Waals surface area contributed by atoms with Gasteiger partial charge in [0, 0.05) is 26.6 Å². The van der Waals surface area contributed by atoms with Gasteiger partial charge in [-0.15, -0.1) is 11.3 Å². The Morgan fingerprint density at radius 3 is 2.78 bits per heavy atom. The van der Waals surface area contributed by atoms with E-state index >= 15 is 0 Å². The highest BCUT2D eigenvalue weighted by Gasteiger charge is 2.10. The summed E-state index contributed by atoms with van der Waals surface area (Å²) in [4.78, 5) is 23.4. The summed E-state index contributed by atoms with van der Waals surface area (Å²) in [6, 6.07) is 1.68. The number of hydrogen-bond acceptors (Lipinski definition) is 5. The lowest BCUT2D eigenvalue weighted by molar-refractivity contribution is -0.121. The van der Waals surface area contributed by atoms with E-state index in [9.17, 15) is 9.59 Å². The van der Waals surface area contributed by atoms with E-state index in [-0.39, 0.29) is 24.8 Å². The molecule has 0 aliphatic rings. The third-order valence-corrected chi connectivity index (χ3v) is 3.10. The Labute approximate surface area is 110 Å². The first kappa shape index (κ1) is 14.5. The molecule has 4 N–H and O–H groups in total. The molecule has 1 aromatic heterocycles. The smallest absolute Gasteiger partial charge is 0.263 e. The first-order valence-corrected chi connectivity index (χ1v) is 6.40. The Hall–Kier alpha value is -1.60. The fraction of sp³-hybridized carbons (Fsp3) is 0.455. The molecule has 6 nitrogen and oxygen atoms in total. The maximum atomic E-state index is 11.6. The molecule has 0 saturated heterocycles. The minimum absolute atomic E-state index is 0.119. The monoisotopic (exact) mass is 271 g/mol. The minimum Gasteiger partial charge on any atom is -0.397 e. The first-order valence-electron chi connectivity index (χ1n) is 5.52. The summed E-state index contributed by atoms with van der Waals surface area (Å²) in [6.07, 6.45) is 0.237. The molecule has 0 saturated carbocycles. The van der Waals surface area contributed by atoms with Crippen LogP contribution in [0.25, 0.3) is 0 Å². The van der Waals surface area contributed by atoms with E-state index in [1.807, 2.05) is 0 Å². The van der Waals surface area contributed by atoms with E-state index in [1.54, 1.807) is 18.6 Å². The zero-order chi connectivity index (χ0) is 13.4. The van der Waals surface area contributed by atoms with Gasteiger partial charge < -0.3 is 21.1 Å². The van der Waals surface area contributed by atoms with Crippen molar-refractivity contribution in [1.82, 2.24) is 10.6 Å². The van der Waals surface area contributed by atoms with Crippen LogP contribution in [0.5, 0.6) is 0 Å². The minimum atomic E-state index is -0.243. The van der Waals surface area contributed by atoms with E-state index in [2.05, 4.69) is 10.6 Å². The number of nitrogens with one attached hydrogen (secondary N) is 2. The molecule has 2 amide bonds. The lowest BCUT2D eigenvalue weighted by Gasteiger charge is -2.05. The average molecular weight is 271 g/mol. The second-order valence-corrected chi connectivity index (χ2v) is 4.47. The van der Waals surface area contributed by atoms with Gasteiger partial charge in [0.25, 0.3) is 5.91 Å². The van der Waals surface area contributed by atoms with E-state index in [4.69, 9.17) is 10.5 Å². The van der Waals surface area contributed by atoms with Crippen molar-refractivity contribution >= 4 is 28.8 Å². The Bertz CT molecular complexity index is 406. The van der Waals surface area contributed by atoms with Crippen molar-refractivity contribution in [2.75, 3.05) is 32.5 Å². The van der Waals surface area contributed by atoms with Gasteiger partial charge in [0.05, 0.1) is 12.3 Å². The molecule has 1 heterocycles. The Balaban J connectivity index is 2.20. The van der Waals surface area contributed by atoms with Gasteiger partial charge in [0.15, 0.2) is 0 Å². The lowest BCUT2D eigenvalue weighted by Crippen LogP contribution is -2.32.